The number of phenolic OH excluding ortho intramolecular Hbond substituents is 1. The molecule has 2 aromatic rings. The normalized spacial score (nSPS) is 10.6. The Morgan fingerprint density at radius 2 is 2.12 bits per heavy atom. The van der Waals surface area contributed by atoms with Gasteiger partial charge in [0.25, 0.3) is 0 Å². The van der Waals surface area contributed by atoms with Crippen LogP contribution in [0.2, 0.25) is 0 Å². The molecule has 2 rings (SSSR count). The molecule has 0 atom stereocenters. The number of aryl methyl sites for hydroxylation is 1. The maximum atomic E-state index is 9.63. The van der Waals surface area contributed by atoms with Gasteiger partial charge >= 0.3 is 0 Å². The third kappa shape index (κ3) is 2.64. The fourth-order valence-electron chi connectivity index (χ4n) is 1.59. The lowest BCUT2D eigenvalue weighted by atomic mass is 10.1. The molecule has 0 fully saturated rings. The quantitative estimate of drug-likeness (QED) is 0.827. The van der Waals surface area contributed by atoms with Gasteiger partial charge in [0.15, 0.2) is 0 Å². The van der Waals surface area contributed by atoms with Crippen LogP contribution in [-0.4, -0.2) is 5.11 Å². The molecule has 0 radical (unpaired) electrons. The van der Waals surface area contributed by atoms with Crippen molar-refractivity contribution in [2.45, 2.75) is 20.0 Å². The summed E-state index contributed by atoms with van der Waals surface area (Å²) in [5, 5.41) is 12.9. The maximum Gasteiger partial charge on any atom is 0.120 e. The number of phenols is 1. The molecular formula is C13H15NO2. The minimum Gasteiger partial charge on any atom is -0.508 e. The number of hydrogen-bond acceptors (Lipinski definition) is 3. The molecule has 0 bridgehead atoms. The van der Waals surface area contributed by atoms with Crippen molar-refractivity contribution in [1.82, 2.24) is 5.32 Å². The summed E-state index contributed by atoms with van der Waals surface area (Å²) >= 11 is 0. The van der Waals surface area contributed by atoms with Crippen LogP contribution in [0.15, 0.2) is 41.2 Å². The minimum atomic E-state index is 0.338. The number of hydrogen-bond donors (Lipinski definition) is 2. The van der Waals surface area contributed by atoms with Crippen molar-refractivity contribution in [2.24, 2.45) is 0 Å². The number of nitrogens with one attached hydrogen (secondary N) is 1. The van der Waals surface area contributed by atoms with Crippen LogP contribution in [0.1, 0.15) is 16.7 Å². The van der Waals surface area contributed by atoms with E-state index in [-0.39, 0.29) is 0 Å². The Morgan fingerprint density at radius 1 is 1.25 bits per heavy atom. The largest absolute Gasteiger partial charge is 0.508 e. The van der Waals surface area contributed by atoms with Crippen molar-refractivity contribution in [1.29, 1.82) is 0 Å². The van der Waals surface area contributed by atoms with E-state index in [1.165, 1.54) is 0 Å². The van der Waals surface area contributed by atoms with Crippen LogP contribution in [0.3, 0.4) is 0 Å². The smallest absolute Gasteiger partial charge is 0.120 e. The molecule has 0 aliphatic carbocycles. The summed E-state index contributed by atoms with van der Waals surface area (Å²) in [6.07, 6.45) is 3.37. The van der Waals surface area contributed by atoms with Gasteiger partial charge in [0, 0.05) is 24.2 Å². The lowest BCUT2D eigenvalue weighted by Gasteiger charge is -2.06. The van der Waals surface area contributed by atoms with Gasteiger partial charge in [0.05, 0.1) is 12.5 Å². The Bertz CT molecular complexity index is 449. The molecule has 3 nitrogen and oxygen atoms in total. The Morgan fingerprint density at radius 3 is 2.88 bits per heavy atom. The van der Waals surface area contributed by atoms with Gasteiger partial charge in [-0.2, -0.15) is 0 Å². The van der Waals surface area contributed by atoms with Crippen LogP contribution in [0, 0.1) is 6.92 Å². The second-order valence-electron chi connectivity index (χ2n) is 3.87. The van der Waals surface area contributed by atoms with Crippen LogP contribution in [0.4, 0.5) is 0 Å². The van der Waals surface area contributed by atoms with Crippen LogP contribution >= 0.6 is 0 Å². The van der Waals surface area contributed by atoms with E-state index in [1.807, 2.05) is 25.1 Å². The average molecular weight is 217 g/mol. The molecule has 0 unspecified atom stereocenters. The second kappa shape index (κ2) is 4.86. The van der Waals surface area contributed by atoms with Crippen LogP contribution in [0.5, 0.6) is 5.75 Å². The first-order chi connectivity index (χ1) is 7.75. The molecule has 0 saturated heterocycles. The van der Waals surface area contributed by atoms with Crippen molar-refractivity contribution in [3.63, 3.8) is 0 Å². The third-order valence-corrected chi connectivity index (χ3v) is 2.46. The van der Waals surface area contributed by atoms with Crippen molar-refractivity contribution in [3.8, 4) is 5.75 Å². The van der Waals surface area contributed by atoms with E-state index in [4.69, 9.17) is 4.42 Å². The summed E-state index contributed by atoms with van der Waals surface area (Å²) in [5.41, 5.74) is 3.17. The molecule has 2 N–H and O–H groups in total. The van der Waals surface area contributed by atoms with E-state index in [2.05, 4.69) is 5.32 Å². The lowest BCUT2D eigenvalue weighted by Crippen LogP contribution is -2.12. The van der Waals surface area contributed by atoms with Gasteiger partial charge in [0.1, 0.15) is 5.75 Å². The molecule has 1 heterocycles. The summed E-state index contributed by atoms with van der Waals surface area (Å²) in [6, 6.07) is 7.53. The molecular weight excluding hydrogens is 202 g/mol. The summed E-state index contributed by atoms with van der Waals surface area (Å²) < 4.78 is 4.97. The molecule has 0 amide bonds. The highest BCUT2D eigenvalue weighted by Crippen LogP contribution is 2.17. The van der Waals surface area contributed by atoms with E-state index in [9.17, 15) is 5.11 Å². The molecule has 1 aromatic carbocycles. The molecule has 0 aliphatic rings. The molecule has 84 valence electrons. The highest BCUT2D eigenvalue weighted by Gasteiger charge is 2.01. The van der Waals surface area contributed by atoms with E-state index in [0.29, 0.717) is 12.3 Å². The van der Waals surface area contributed by atoms with Gasteiger partial charge in [-0.05, 0) is 19.1 Å². The van der Waals surface area contributed by atoms with Gasteiger partial charge in [0.2, 0.25) is 0 Å². The fourth-order valence-corrected chi connectivity index (χ4v) is 1.59. The highest BCUT2D eigenvalue weighted by molar-refractivity contribution is 5.35. The Hall–Kier alpha value is -1.74. The highest BCUT2D eigenvalue weighted by atomic mass is 16.3. The molecule has 0 aliphatic heterocycles. The van der Waals surface area contributed by atoms with Crippen molar-refractivity contribution >= 4 is 0 Å². The zero-order valence-corrected chi connectivity index (χ0v) is 9.23. The van der Waals surface area contributed by atoms with Gasteiger partial charge in [-0.25, -0.2) is 0 Å². The summed E-state index contributed by atoms with van der Waals surface area (Å²) in [6.45, 7) is 3.40. The Kier molecular flexibility index (Phi) is 3.27. The molecule has 3 heteroatoms. The van der Waals surface area contributed by atoms with Crippen molar-refractivity contribution < 1.29 is 9.52 Å². The minimum absolute atomic E-state index is 0.338. The van der Waals surface area contributed by atoms with Crippen molar-refractivity contribution in [3.05, 3.63) is 53.5 Å². The van der Waals surface area contributed by atoms with Crippen LogP contribution in [-0.2, 0) is 13.1 Å². The first-order valence-electron chi connectivity index (χ1n) is 5.26. The summed E-state index contributed by atoms with van der Waals surface area (Å²) in [5.74, 6) is 0.338. The zero-order chi connectivity index (χ0) is 11.4. The molecule has 1 aromatic heterocycles. The van der Waals surface area contributed by atoms with E-state index in [0.717, 1.165) is 23.2 Å². The third-order valence-electron chi connectivity index (χ3n) is 2.46. The summed E-state index contributed by atoms with van der Waals surface area (Å²) in [7, 11) is 0. The summed E-state index contributed by atoms with van der Waals surface area (Å²) in [4.78, 5) is 0. The first-order valence-corrected chi connectivity index (χ1v) is 5.26. The Labute approximate surface area is 94.7 Å². The van der Waals surface area contributed by atoms with Crippen LogP contribution in [0.25, 0.3) is 0 Å². The van der Waals surface area contributed by atoms with Gasteiger partial charge in [-0.3, -0.25) is 0 Å². The first kappa shape index (κ1) is 10.8. The SMILES string of the molecule is Cc1ccc(O)c(CNCc2ccoc2)c1. The maximum absolute atomic E-state index is 9.63. The predicted octanol–water partition coefficient (Wildman–Crippen LogP) is 2.58. The predicted molar refractivity (Wildman–Crippen MR) is 62.1 cm³/mol. The zero-order valence-electron chi connectivity index (χ0n) is 9.23. The topological polar surface area (TPSA) is 45.4 Å². The molecule has 16 heavy (non-hydrogen) atoms. The van der Waals surface area contributed by atoms with Crippen molar-refractivity contribution in [2.75, 3.05) is 0 Å². The van der Waals surface area contributed by atoms with E-state index < -0.39 is 0 Å². The number of benzene rings is 1. The number of furan rings is 1. The molecule has 0 spiro atoms. The van der Waals surface area contributed by atoms with Gasteiger partial charge < -0.3 is 14.8 Å². The number of aromatic hydroxyl groups is 1. The fraction of sp³-hybridized carbons (Fsp3) is 0.231. The Balaban J connectivity index is 1.92. The van der Waals surface area contributed by atoms with E-state index >= 15 is 0 Å². The standard InChI is InChI=1S/C13H15NO2/c1-10-2-3-13(15)12(6-10)8-14-7-11-4-5-16-9-11/h2-6,9,14-15H,7-8H2,1H3. The molecule has 0 saturated carbocycles. The van der Waals surface area contributed by atoms with E-state index in [1.54, 1.807) is 18.6 Å². The van der Waals surface area contributed by atoms with Gasteiger partial charge in [-0.1, -0.05) is 17.7 Å². The lowest BCUT2D eigenvalue weighted by molar-refractivity contribution is 0.464. The number of rotatable bonds is 4. The van der Waals surface area contributed by atoms with Crippen LogP contribution < -0.4 is 5.32 Å². The average Bonchev–Trinajstić information content (AvgIpc) is 2.76. The monoisotopic (exact) mass is 217 g/mol. The van der Waals surface area contributed by atoms with Gasteiger partial charge in [-0.15, -0.1) is 0 Å². The second-order valence-corrected chi connectivity index (χ2v) is 3.87.